The average molecular weight is 372 g/mol. The lowest BCUT2D eigenvalue weighted by Gasteiger charge is -2.12. The SMILES string of the molecule is COc1ccc(Nc2cnnc(Nc3cc(C)ccc3OC)n2)cc1Cl. The molecule has 0 saturated heterocycles. The number of anilines is 4. The molecule has 0 amide bonds. The van der Waals surface area contributed by atoms with Crippen molar-refractivity contribution in [3.63, 3.8) is 0 Å². The third-order valence-electron chi connectivity index (χ3n) is 3.58. The molecule has 0 aliphatic rings. The first-order chi connectivity index (χ1) is 12.6. The van der Waals surface area contributed by atoms with Gasteiger partial charge in [0.2, 0.25) is 5.95 Å². The number of aryl methyl sites for hydroxylation is 1. The van der Waals surface area contributed by atoms with Gasteiger partial charge in [-0.25, -0.2) is 0 Å². The molecular formula is C18H18ClN5O2. The first kappa shape index (κ1) is 17.8. The lowest BCUT2D eigenvalue weighted by molar-refractivity contribution is 0.415. The highest BCUT2D eigenvalue weighted by Gasteiger charge is 2.08. The van der Waals surface area contributed by atoms with Crippen molar-refractivity contribution in [1.29, 1.82) is 0 Å². The van der Waals surface area contributed by atoms with Crippen LogP contribution in [-0.2, 0) is 0 Å². The van der Waals surface area contributed by atoms with Gasteiger partial charge in [-0.05, 0) is 42.8 Å². The normalized spacial score (nSPS) is 10.3. The molecule has 3 aromatic rings. The van der Waals surface area contributed by atoms with E-state index < -0.39 is 0 Å². The van der Waals surface area contributed by atoms with E-state index in [1.165, 1.54) is 6.20 Å². The minimum absolute atomic E-state index is 0.346. The molecule has 0 bridgehead atoms. The Morgan fingerprint density at radius 1 is 0.962 bits per heavy atom. The van der Waals surface area contributed by atoms with Crippen LogP contribution >= 0.6 is 11.6 Å². The molecule has 2 aromatic carbocycles. The summed E-state index contributed by atoms with van der Waals surface area (Å²) in [6.07, 6.45) is 1.52. The van der Waals surface area contributed by atoms with Crippen molar-refractivity contribution in [1.82, 2.24) is 15.2 Å². The van der Waals surface area contributed by atoms with Crippen molar-refractivity contribution < 1.29 is 9.47 Å². The van der Waals surface area contributed by atoms with Gasteiger partial charge in [0.15, 0.2) is 5.82 Å². The number of halogens is 1. The molecule has 0 unspecified atom stereocenters. The van der Waals surface area contributed by atoms with Gasteiger partial charge < -0.3 is 20.1 Å². The minimum Gasteiger partial charge on any atom is -0.495 e. The monoisotopic (exact) mass is 371 g/mol. The fourth-order valence-corrected chi connectivity index (χ4v) is 2.61. The molecule has 0 spiro atoms. The zero-order chi connectivity index (χ0) is 18.5. The zero-order valence-electron chi connectivity index (χ0n) is 14.6. The molecule has 0 saturated carbocycles. The number of hydrogen-bond acceptors (Lipinski definition) is 7. The highest BCUT2D eigenvalue weighted by Crippen LogP contribution is 2.29. The van der Waals surface area contributed by atoms with Gasteiger partial charge in [0.05, 0.1) is 31.1 Å². The van der Waals surface area contributed by atoms with Crippen molar-refractivity contribution >= 4 is 34.7 Å². The number of hydrogen-bond donors (Lipinski definition) is 2. The van der Waals surface area contributed by atoms with Gasteiger partial charge in [-0.15, -0.1) is 5.10 Å². The van der Waals surface area contributed by atoms with Gasteiger partial charge in [0.25, 0.3) is 0 Å². The van der Waals surface area contributed by atoms with Crippen molar-refractivity contribution in [3.8, 4) is 11.5 Å². The fourth-order valence-electron chi connectivity index (χ4n) is 2.35. The van der Waals surface area contributed by atoms with Crippen molar-refractivity contribution in [3.05, 3.63) is 53.2 Å². The Labute approximate surface area is 156 Å². The van der Waals surface area contributed by atoms with E-state index in [4.69, 9.17) is 21.1 Å². The Hall–Kier alpha value is -3.06. The van der Waals surface area contributed by atoms with Crippen LogP contribution in [0.4, 0.5) is 23.1 Å². The molecule has 0 fully saturated rings. The smallest absolute Gasteiger partial charge is 0.249 e. The number of methoxy groups -OCH3 is 2. The second-order valence-corrected chi connectivity index (χ2v) is 5.88. The van der Waals surface area contributed by atoms with Crippen LogP contribution in [0.15, 0.2) is 42.6 Å². The summed E-state index contributed by atoms with van der Waals surface area (Å²) in [7, 11) is 3.18. The lowest BCUT2D eigenvalue weighted by atomic mass is 10.2. The van der Waals surface area contributed by atoms with Crippen molar-refractivity contribution in [2.45, 2.75) is 6.92 Å². The molecule has 8 heteroatoms. The molecule has 26 heavy (non-hydrogen) atoms. The molecule has 1 heterocycles. The van der Waals surface area contributed by atoms with E-state index >= 15 is 0 Å². The molecule has 3 rings (SSSR count). The number of aromatic nitrogens is 3. The van der Waals surface area contributed by atoms with E-state index in [0.29, 0.717) is 28.3 Å². The standard InChI is InChI=1S/C18H18ClN5O2/c1-11-4-6-16(26-3)14(8-11)22-18-23-17(10-20-24-18)21-12-5-7-15(25-2)13(19)9-12/h4-10H,1-3H3,(H2,21,22,23,24). The van der Waals surface area contributed by atoms with Gasteiger partial charge >= 0.3 is 0 Å². The van der Waals surface area contributed by atoms with E-state index in [9.17, 15) is 0 Å². The highest BCUT2D eigenvalue weighted by atomic mass is 35.5. The number of ether oxygens (including phenoxy) is 2. The largest absolute Gasteiger partial charge is 0.495 e. The minimum atomic E-state index is 0.346. The summed E-state index contributed by atoms with van der Waals surface area (Å²) in [5.41, 5.74) is 2.61. The molecular weight excluding hydrogens is 354 g/mol. The zero-order valence-corrected chi connectivity index (χ0v) is 15.3. The maximum Gasteiger partial charge on any atom is 0.249 e. The summed E-state index contributed by atoms with van der Waals surface area (Å²) in [6, 6.07) is 11.2. The fraction of sp³-hybridized carbons (Fsp3) is 0.167. The van der Waals surface area contributed by atoms with E-state index in [0.717, 1.165) is 16.9 Å². The van der Waals surface area contributed by atoms with E-state index in [1.807, 2.05) is 31.2 Å². The van der Waals surface area contributed by atoms with Gasteiger partial charge in [-0.3, -0.25) is 0 Å². The molecule has 134 valence electrons. The summed E-state index contributed by atoms with van der Waals surface area (Å²) >= 11 is 6.14. The first-order valence-electron chi connectivity index (χ1n) is 7.81. The number of nitrogens with zero attached hydrogens (tertiary/aromatic N) is 3. The van der Waals surface area contributed by atoms with Crippen molar-refractivity contribution in [2.24, 2.45) is 0 Å². The molecule has 0 radical (unpaired) electrons. The second kappa shape index (κ2) is 7.88. The number of nitrogens with one attached hydrogen (secondary N) is 2. The Morgan fingerprint density at radius 2 is 1.73 bits per heavy atom. The van der Waals surface area contributed by atoms with Crippen LogP contribution in [0.3, 0.4) is 0 Å². The van der Waals surface area contributed by atoms with Crippen molar-refractivity contribution in [2.75, 3.05) is 24.9 Å². The van der Waals surface area contributed by atoms with Crippen LogP contribution in [0.25, 0.3) is 0 Å². The summed E-state index contributed by atoms with van der Waals surface area (Å²) < 4.78 is 10.5. The summed E-state index contributed by atoms with van der Waals surface area (Å²) in [5, 5.41) is 14.8. The second-order valence-electron chi connectivity index (χ2n) is 5.47. The Kier molecular flexibility index (Phi) is 5.38. The van der Waals surface area contributed by atoms with Gasteiger partial charge in [0, 0.05) is 5.69 Å². The van der Waals surface area contributed by atoms with E-state index in [1.54, 1.807) is 26.4 Å². The number of rotatable bonds is 6. The van der Waals surface area contributed by atoms with Crippen LogP contribution in [0.1, 0.15) is 5.56 Å². The van der Waals surface area contributed by atoms with Gasteiger partial charge in [-0.1, -0.05) is 17.7 Å². The maximum atomic E-state index is 6.14. The Bertz CT molecular complexity index is 920. The summed E-state index contributed by atoms with van der Waals surface area (Å²) in [5.74, 6) is 2.17. The first-order valence-corrected chi connectivity index (χ1v) is 8.19. The summed E-state index contributed by atoms with van der Waals surface area (Å²) in [6.45, 7) is 2.00. The molecule has 1 aromatic heterocycles. The van der Waals surface area contributed by atoms with Crippen LogP contribution in [0, 0.1) is 6.92 Å². The van der Waals surface area contributed by atoms with E-state index in [-0.39, 0.29) is 0 Å². The van der Waals surface area contributed by atoms with Crippen LogP contribution in [0.5, 0.6) is 11.5 Å². The lowest BCUT2D eigenvalue weighted by Crippen LogP contribution is -2.03. The number of benzene rings is 2. The molecule has 0 atom stereocenters. The van der Waals surface area contributed by atoms with E-state index in [2.05, 4.69) is 25.8 Å². The predicted molar refractivity (Wildman–Crippen MR) is 102 cm³/mol. The van der Waals surface area contributed by atoms with Gasteiger partial charge in [-0.2, -0.15) is 10.1 Å². The Morgan fingerprint density at radius 3 is 2.46 bits per heavy atom. The Balaban J connectivity index is 1.80. The molecule has 0 aliphatic carbocycles. The maximum absolute atomic E-state index is 6.14. The summed E-state index contributed by atoms with van der Waals surface area (Å²) in [4.78, 5) is 4.41. The molecule has 0 aliphatic heterocycles. The van der Waals surface area contributed by atoms with Crippen LogP contribution in [0.2, 0.25) is 5.02 Å². The third-order valence-corrected chi connectivity index (χ3v) is 3.88. The van der Waals surface area contributed by atoms with Crippen LogP contribution < -0.4 is 20.1 Å². The van der Waals surface area contributed by atoms with Gasteiger partial charge in [0.1, 0.15) is 11.5 Å². The predicted octanol–water partition coefficient (Wildman–Crippen LogP) is 4.34. The molecule has 2 N–H and O–H groups in total. The quantitative estimate of drug-likeness (QED) is 0.667. The molecule has 7 nitrogen and oxygen atoms in total. The third kappa shape index (κ3) is 4.12. The topological polar surface area (TPSA) is 81.2 Å². The highest BCUT2D eigenvalue weighted by molar-refractivity contribution is 6.32. The van der Waals surface area contributed by atoms with Crippen LogP contribution in [-0.4, -0.2) is 29.4 Å². The average Bonchev–Trinajstić information content (AvgIpc) is 2.62.